The first kappa shape index (κ1) is 11.4. The van der Waals surface area contributed by atoms with E-state index in [1.54, 1.807) is 19.1 Å². The molecule has 0 radical (unpaired) electrons. The van der Waals surface area contributed by atoms with Crippen LogP contribution in [-0.4, -0.2) is 63.7 Å². The number of likely N-dealkylation sites (N-methyl/N-ethyl adjacent to an activating group) is 2. The fourth-order valence-corrected chi connectivity index (χ4v) is 0.744. The van der Waals surface area contributed by atoms with Gasteiger partial charge in [-0.25, -0.2) is 0 Å². The van der Waals surface area contributed by atoms with Crippen LogP contribution in [0.1, 0.15) is 0 Å². The van der Waals surface area contributed by atoms with E-state index in [4.69, 9.17) is 4.74 Å². The highest BCUT2D eigenvalue weighted by Gasteiger charge is 2.08. The lowest BCUT2D eigenvalue weighted by atomic mass is 10.4. The molecule has 1 amide bonds. The van der Waals surface area contributed by atoms with E-state index < -0.39 is 0 Å². The van der Waals surface area contributed by atoms with E-state index in [1.165, 1.54) is 0 Å². The summed E-state index contributed by atoms with van der Waals surface area (Å²) in [6.45, 7) is 1.71. The molecule has 0 aliphatic rings. The number of carbonyl (C=O) groups is 1. The van der Waals surface area contributed by atoms with Crippen LogP contribution in [0.25, 0.3) is 0 Å². The standard InChI is InChI=1S/C8H18N2O2/c1-9(2)7-8(11)10(3)5-6-12-4/h5-7H2,1-4H3. The van der Waals surface area contributed by atoms with Crippen LogP contribution in [0.4, 0.5) is 0 Å². The Hall–Kier alpha value is -0.610. The second-order valence-electron chi connectivity index (χ2n) is 3.05. The van der Waals surface area contributed by atoms with Gasteiger partial charge >= 0.3 is 0 Å². The average Bonchev–Trinajstić information content (AvgIpc) is 1.98. The third-order valence-corrected chi connectivity index (χ3v) is 1.51. The highest BCUT2D eigenvalue weighted by Crippen LogP contribution is 1.86. The zero-order valence-corrected chi connectivity index (χ0v) is 8.33. The maximum absolute atomic E-state index is 11.3. The molecule has 72 valence electrons. The zero-order valence-electron chi connectivity index (χ0n) is 8.33. The molecule has 0 fully saturated rings. The summed E-state index contributed by atoms with van der Waals surface area (Å²) in [4.78, 5) is 14.8. The summed E-state index contributed by atoms with van der Waals surface area (Å²) in [6, 6.07) is 0. The van der Waals surface area contributed by atoms with Gasteiger partial charge in [-0.2, -0.15) is 0 Å². The van der Waals surface area contributed by atoms with Crippen molar-refractivity contribution in [1.82, 2.24) is 9.80 Å². The lowest BCUT2D eigenvalue weighted by molar-refractivity contribution is -0.131. The molecule has 4 heteroatoms. The van der Waals surface area contributed by atoms with Gasteiger partial charge in [-0.3, -0.25) is 4.79 Å². The third-order valence-electron chi connectivity index (χ3n) is 1.51. The lowest BCUT2D eigenvalue weighted by Crippen LogP contribution is -2.36. The molecule has 0 heterocycles. The molecule has 0 saturated carbocycles. The van der Waals surface area contributed by atoms with E-state index in [1.807, 2.05) is 19.0 Å². The SMILES string of the molecule is COCCN(C)C(=O)CN(C)C. The van der Waals surface area contributed by atoms with Crippen molar-refractivity contribution < 1.29 is 9.53 Å². The Morgan fingerprint density at radius 1 is 1.33 bits per heavy atom. The number of hydrogen-bond donors (Lipinski definition) is 0. The molecular weight excluding hydrogens is 156 g/mol. The van der Waals surface area contributed by atoms with Crippen LogP contribution < -0.4 is 0 Å². The van der Waals surface area contributed by atoms with Crippen molar-refractivity contribution >= 4 is 5.91 Å². The van der Waals surface area contributed by atoms with E-state index in [-0.39, 0.29) is 5.91 Å². The number of methoxy groups -OCH3 is 1. The molecule has 0 aromatic carbocycles. The van der Waals surface area contributed by atoms with Gasteiger partial charge in [0, 0.05) is 20.7 Å². The molecule has 0 aromatic rings. The van der Waals surface area contributed by atoms with Gasteiger partial charge in [0.15, 0.2) is 0 Å². The highest BCUT2D eigenvalue weighted by atomic mass is 16.5. The Kier molecular flexibility index (Phi) is 5.66. The van der Waals surface area contributed by atoms with Crippen molar-refractivity contribution in [3.05, 3.63) is 0 Å². The quantitative estimate of drug-likeness (QED) is 0.571. The summed E-state index contributed by atoms with van der Waals surface area (Å²) in [5.74, 6) is 0.122. The molecule has 0 aliphatic carbocycles. The summed E-state index contributed by atoms with van der Waals surface area (Å²) in [5, 5.41) is 0. The van der Waals surface area contributed by atoms with Crippen LogP contribution in [0.2, 0.25) is 0 Å². The molecule has 0 rings (SSSR count). The number of carbonyl (C=O) groups excluding carboxylic acids is 1. The van der Waals surface area contributed by atoms with Crippen molar-refractivity contribution in [2.75, 3.05) is 47.9 Å². The van der Waals surface area contributed by atoms with E-state index in [9.17, 15) is 4.79 Å². The zero-order chi connectivity index (χ0) is 9.56. The first-order valence-electron chi connectivity index (χ1n) is 3.95. The van der Waals surface area contributed by atoms with Gasteiger partial charge in [0.2, 0.25) is 5.91 Å². The first-order valence-corrected chi connectivity index (χ1v) is 3.95. The van der Waals surface area contributed by atoms with Gasteiger partial charge in [-0.15, -0.1) is 0 Å². The Labute approximate surface area is 74.1 Å². The van der Waals surface area contributed by atoms with Crippen molar-refractivity contribution in [2.24, 2.45) is 0 Å². The van der Waals surface area contributed by atoms with E-state index in [0.717, 1.165) is 0 Å². The molecule has 0 unspecified atom stereocenters. The van der Waals surface area contributed by atoms with Crippen LogP contribution in [-0.2, 0) is 9.53 Å². The summed E-state index contributed by atoms with van der Waals surface area (Å²) in [5.41, 5.74) is 0. The van der Waals surface area contributed by atoms with E-state index in [0.29, 0.717) is 19.7 Å². The van der Waals surface area contributed by atoms with Crippen molar-refractivity contribution in [3.8, 4) is 0 Å². The van der Waals surface area contributed by atoms with Crippen LogP contribution in [0.3, 0.4) is 0 Å². The Bertz CT molecular complexity index is 137. The van der Waals surface area contributed by atoms with Gasteiger partial charge < -0.3 is 14.5 Å². The van der Waals surface area contributed by atoms with E-state index >= 15 is 0 Å². The summed E-state index contributed by atoms with van der Waals surface area (Å²) in [7, 11) is 7.17. The molecular formula is C8H18N2O2. The Morgan fingerprint density at radius 3 is 2.33 bits per heavy atom. The number of nitrogens with zero attached hydrogens (tertiary/aromatic N) is 2. The minimum atomic E-state index is 0.122. The van der Waals surface area contributed by atoms with Gasteiger partial charge in [0.25, 0.3) is 0 Å². The van der Waals surface area contributed by atoms with Crippen LogP contribution in [0.5, 0.6) is 0 Å². The third kappa shape index (κ3) is 5.09. The van der Waals surface area contributed by atoms with Gasteiger partial charge in [-0.05, 0) is 14.1 Å². The predicted molar refractivity (Wildman–Crippen MR) is 48.1 cm³/mol. The average molecular weight is 174 g/mol. The van der Waals surface area contributed by atoms with Crippen LogP contribution in [0, 0.1) is 0 Å². The fraction of sp³-hybridized carbons (Fsp3) is 0.875. The molecule has 12 heavy (non-hydrogen) atoms. The molecule has 0 N–H and O–H groups in total. The van der Waals surface area contributed by atoms with Crippen LogP contribution in [0.15, 0.2) is 0 Å². The minimum absolute atomic E-state index is 0.122. The lowest BCUT2D eigenvalue weighted by Gasteiger charge is -2.18. The Morgan fingerprint density at radius 2 is 1.92 bits per heavy atom. The normalized spacial score (nSPS) is 10.4. The number of ether oxygens (including phenoxy) is 1. The highest BCUT2D eigenvalue weighted by molar-refractivity contribution is 5.77. The number of rotatable bonds is 5. The van der Waals surface area contributed by atoms with Crippen molar-refractivity contribution in [2.45, 2.75) is 0 Å². The number of amides is 1. The Balaban J connectivity index is 3.61. The van der Waals surface area contributed by atoms with Crippen molar-refractivity contribution in [3.63, 3.8) is 0 Å². The topological polar surface area (TPSA) is 32.8 Å². The monoisotopic (exact) mass is 174 g/mol. The molecule has 0 atom stereocenters. The fourth-order valence-electron chi connectivity index (χ4n) is 0.744. The summed E-state index contributed by atoms with van der Waals surface area (Å²) >= 11 is 0. The second-order valence-corrected chi connectivity index (χ2v) is 3.05. The summed E-state index contributed by atoms with van der Waals surface area (Å²) in [6.07, 6.45) is 0. The van der Waals surface area contributed by atoms with Gasteiger partial charge in [0.05, 0.1) is 13.2 Å². The minimum Gasteiger partial charge on any atom is -0.383 e. The molecule has 0 bridgehead atoms. The second kappa shape index (κ2) is 5.97. The molecule has 4 nitrogen and oxygen atoms in total. The van der Waals surface area contributed by atoms with E-state index in [2.05, 4.69) is 0 Å². The largest absolute Gasteiger partial charge is 0.383 e. The molecule has 0 aliphatic heterocycles. The maximum Gasteiger partial charge on any atom is 0.236 e. The molecule has 0 spiro atoms. The maximum atomic E-state index is 11.3. The smallest absolute Gasteiger partial charge is 0.236 e. The summed E-state index contributed by atoms with van der Waals surface area (Å²) < 4.78 is 4.86. The van der Waals surface area contributed by atoms with Crippen molar-refractivity contribution in [1.29, 1.82) is 0 Å². The van der Waals surface area contributed by atoms with Gasteiger partial charge in [-0.1, -0.05) is 0 Å². The number of hydrogen-bond acceptors (Lipinski definition) is 3. The molecule has 0 saturated heterocycles. The first-order chi connectivity index (χ1) is 5.57. The predicted octanol–water partition coefficient (Wildman–Crippen LogP) is -0.347. The molecule has 0 aromatic heterocycles. The van der Waals surface area contributed by atoms with Gasteiger partial charge in [0.1, 0.15) is 0 Å². The van der Waals surface area contributed by atoms with Crippen LogP contribution >= 0.6 is 0 Å².